The minimum atomic E-state index is -0.905. The number of pyridine rings is 1. The van der Waals surface area contributed by atoms with Gasteiger partial charge < -0.3 is 9.67 Å². The van der Waals surface area contributed by atoms with Gasteiger partial charge in [-0.15, -0.1) is 11.3 Å². The first-order valence-electron chi connectivity index (χ1n) is 10.9. The van der Waals surface area contributed by atoms with Crippen molar-refractivity contribution in [3.8, 4) is 0 Å². The molecule has 0 fully saturated rings. The number of hydrogen-bond donors (Lipinski definition) is 1. The van der Waals surface area contributed by atoms with E-state index in [-0.39, 0.29) is 24.5 Å². The van der Waals surface area contributed by atoms with Crippen molar-refractivity contribution in [2.45, 2.75) is 58.3 Å². The van der Waals surface area contributed by atoms with Crippen molar-refractivity contribution in [3.63, 3.8) is 0 Å². The van der Waals surface area contributed by atoms with Crippen molar-refractivity contribution in [2.24, 2.45) is 13.0 Å². The van der Waals surface area contributed by atoms with Crippen LogP contribution in [0.25, 0.3) is 15.9 Å². The molecular weight excluding hydrogens is 424 g/mol. The van der Waals surface area contributed by atoms with Crippen LogP contribution in [0.15, 0.2) is 23.2 Å². The van der Waals surface area contributed by atoms with Crippen molar-refractivity contribution >= 4 is 39.8 Å². The molecule has 0 aliphatic heterocycles. The summed E-state index contributed by atoms with van der Waals surface area (Å²) in [5, 5.41) is 11.8. The van der Waals surface area contributed by atoms with E-state index in [1.165, 1.54) is 6.20 Å². The molecule has 0 aliphatic carbocycles. The molecule has 3 heterocycles. The zero-order chi connectivity index (χ0) is 23.1. The molecule has 3 aromatic rings. The van der Waals surface area contributed by atoms with Crippen LogP contribution in [0.4, 0.5) is 5.69 Å². The molecule has 1 unspecified atom stereocenters. The summed E-state index contributed by atoms with van der Waals surface area (Å²) in [6.07, 6.45) is 7.56. The van der Waals surface area contributed by atoms with Gasteiger partial charge in [0.05, 0.1) is 17.8 Å². The highest BCUT2D eigenvalue weighted by Gasteiger charge is 2.24. The van der Waals surface area contributed by atoms with Gasteiger partial charge >= 0.3 is 5.97 Å². The molecule has 0 bridgehead atoms. The van der Waals surface area contributed by atoms with Crippen LogP contribution >= 0.6 is 11.3 Å². The standard InChI is InChI=1S/C24H28N4O3S/c1-16(11-22(30)31)10-21(29)23-19-12-18(25-2)13-26-24(19)28(3)20(23)9-7-5-4-6-8-17-14-32-15-27-17/h12-16H,4-11H2,1,3H3,(H,30,31). The number of thiazole rings is 1. The average molecular weight is 453 g/mol. The molecular formula is C24H28N4O3S. The fraction of sp³-hybridized carbons (Fsp3) is 0.458. The van der Waals surface area contributed by atoms with E-state index >= 15 is 0 Å². The van der Waals surface area contributed by atoms with E-state index < -0.39 is 5.97 Å². The van der Waals surface area contributed by atoms with Gasteiger partial charge in [-0.3, -0.25) is 9.59 Å². The van der Waals surface area contributed by atoms with E-state index in [0.29, 0.717) is 22.3 Å². The number of nitrogens with zero attached hydrogens (tertiary/aromatic N) is 4. The molecule has 0 aliphatic rings. The maximum absolute atomic E-state index is 13.2. The number of fused-ring (bicyclic) bond motifs is 1. The van der Waals surface area contributed by atoms with Crippen molar-refractivity contribution in [3.05, 3.63) is 51.5 Å². The summed E-state index contributed by atoms with van der Waals surface area (Å²) in [6, 6.07) is 1.72. The summed E-state index contributed by atoms with van der Waals surface area (Å²) in [7, 11) is 1.90. The Morgan fingerprint density at radius 1 is 1.19 bits per heavy atom. The Bertz CT molecular complexity index is 1130. The monoisotopic (exact) mass is 452 g/mol. The molecule has 0 radical (unpaired) electrons. The van der Waals surface area contributed by atoms with E-state index in [9.17, 15) is 9.59 Å². The van der Waals surface area contributed by atoms with E-state index in [4.69, 9.17) is 11.7 Å². The molecule has 3 rings (SSSR count). The quantitative estimate of drug-likeness (QED) is 0.219. The number of rotatable bonds is 12. The Balaban J connectivity index is 1.75. The minimum absolute atomic E-state index is 0.0453. The Morgan fingerprint density at radius 2 is 1.94 bits per heavy atom. The molecule has 0 spiro atoms. The molecule has 7 nitrogen and oxygen atoms in total. The predicted octanol–water partition coefficient (Wildman–Crippen LogP) is 5.61. The Kier molecular flexibility index (Phi) is 8.12. The van der Waals surface area contributed by atoms with Gasteiger partial charge in [-0.1, -0.05) is 19.8 Å². The van der Waals surface area contributed by atoms with Gasteiger partial charge in [0.25, 0.3) is 0 Å². The normalized spacial score (nSPS) is 12.0. The molecule has 32 heavy (non-hydrogen) atoms. The fourth-order valence-electron chi connectivity index (χ4n) is 4.12. The Labute approximate surface area is 191 Å². The maximum Gasteiger partial charge on any atom is 0.303 e. The molecule has 168 valence electrons. The average Bonchev–Trinajstić information content (AvgIpc) is 3.36. The van der Waals surface area contributed by atoms with Crippen molar-refractivity contribution in [1.29, 1.82) is 0 Å². The highest BCUT2D eigenvalue weighted by molar-refractivity contribution is 7.07. The number of aryl methyl sites for hydroxylation is 2. The lowest BCUT2D eigenvalue weighted by atomic mass is 9.94. The number of carboxylic acid groups (broad SMARTS) is 1. The number of carbonyl (C=O) groups excluding carboxylic acids is 1. The summed E-state index contributed by atoms with van der Waals surface area (Å²) in [6.45, 7) is 9.08. The summed E-state index contributed by atoms with van der Waals surface area (Å²) >= 11 is 1.62. The van der Waals surface area contributed by atoms with Crippen LogP contribution in [0.1, 0.15) is 67.2 Å². The van der Waals surface area contributed by atoms with Crippen LogP contribution in [-0.2, 0) is 24.7 Å². The lowest BCUT2D eigenvalue weighted by Gasteiger charge is -2.10. The van der Waals surface area contributed by atoms with Crippen molar-refractivity contribution in [1.82, 2.24) is 14.5 Å². The fourth-order valence-corrected chi connectivity index (χ4v) is 4.71. The van der Waals surface area contributed by atoms with Crippen LogP contribution in [0, 0.1) is 12.5 Å². The van der Waals surface area contributed by atoms with Crippen LogP contribution in [0.2, 0.25) is 0 Å². The lowest BCUT2D eigenvalue weighted by Crippen LogP contribution is -2.12. The number of carboxylic acids is 1. The smallest absolute Gasteiger partial charge is 0.303 e. The second kappa shape index (κ2) is 11.0. The van der Waals surface area contributed by atoms with E-state index in [1.807, 2.05) is 17.1 Å². The van der Waals surface area contributed by atoms with Crippen molar-refractivity contribution < 1.29 is 14.7 Å². The first-order chi connectivity index (χ1) is 15.4. The van der Waals surface area contributed by atoms with Gasteiger partial charge in [-0.25, -0.2) is 14.8 Å². The van der Waals surface area contributed by atoms with Gasteiger partial charge in [-0.05, 0) is 37.7 Å². The molecule has 0 saturated heterocycles. The summed E-state index contributed by atoms with van der Waals surface area (Å²) in [4.78, 5) is 36.5. The molecule has 0 saturated carbocycles. The number of Topliss-reactive ketones (excluding diaryl/α,β-unsaturated/α-hetero) is 1. The number of hydrogen-bond acceptors (Lipinski definition) is 5. The molecule has 0 aromatic carbocycles. The minimum Gasteiger partial charge on any atom is -0.481 e. The third-order valence-corrected chi connectivity index (χ3v) is 6.31. The van der Waals surface area contributed by atoms with Crippen molar-refractivity contribution in [2.75, 3.05) is 0 Å². The molecule has 3 aromatic heterocycles. The summed E-state index contributed by atoms with van der Waals surface area (Å²) < 4.78 is 1.95. The zero-order valence-electron chi connectivity index (χ0n) is 18.5. The topological polar surface area (TPSA) is 89.4 Å². The Hall–Kier alpha value is -3.05. The lowest BCUT2D eigenvalue weighted by molar-refractivity contribution is -0.137. The van der Waals surface area contributed by atoms with Crippen LogP contribution in [0.3, 0.4) is 0 Å². The number of carbonyl (C=O) groups is 2. The zero-order valence-corrected chi connectivity index (χ0v) is 19.3. The van der Waals surface area contributed by atoms with Gasteiger partial charge in [0.1, 0.15) is 5.65 Å². The highest BCUT2D eigenvalue weighted by atomic mass is 32.1. The van der Waals surface area contributed by atoms with Gasteiger partial charge in [0.2, 0.25) is 5.69 Å². The van der Waals surface area contributed by atoms with Crippen LogP contribution in [-0.4, -0.2) is 31.4 Å². The molecule has 1 N–H and O–H groups in total. The van der Waals surface area contributed by atoms with Crippen LogP contribution < -0.4 is 0 Å². The maximum atomic E-state index is 13.2. The SMILES string of the molecule is [C-]#[N+]c1cnc2c(c1)c(C(=O)CC(C)CC(=O)O)c(CCCCCCc1cscn1)n2C. The number of aliphatic carboxylic acids is 1. The Morgan fingerprint density at radius 3 is 2.59 bits per heavy atom. The second-order valence-corrected chi connectivity index (χ2v) is 9.00. The third-order valence-electron chi connectivity index (χ3n) is 5.68. The number of ketones is 1. The number of aromatic nitrogens is 3. The predicted molar refractivity (Wildman–Crippen MR) is 125 cm³/mol. The molecule has 8 heteroatoms. The molecule has 0 amide bonds. The first-order valence-corrected chi connectivity index (χ1v) is 11.8. The highest BCUT2D eigenvalue weighted by Crippen LogP contribution is 2.30. The van der Waals surface area contributed by atoms with E-state index in [1.54, 1.807) is 24.3 Å². The van der Waals surface area contributed by atoms with Gasteiger partial charge in [-0.2, -0.15) is 0 Å². The van der Waals surface area contributed by atoms with E-state index in [2.05, 4.69) is 20.2 Å². The number of unbranched alkanes of at least 4 members (excludes halogenated alkanes) is 3. The van der Waals surface area contributed by atoms with Gasteiger partial charge in [0.15, 0.2) is 5.78 Å². The molecule has 1 atom stereocenters. The summed E-state index contributed by atoms with van der Waals surface area (Å²) in [5.74, 6) is -1.24. The summed E-state index contributed by atoms with van der Waals surface area (Å²) in [5.41, 5.74) is 5.60. The third kappa shape index (κ3) is 5.80. The van der Waals surface area contributed by atoms with Gasteiger partial charge in [0, 0.05) is 48.1 Å². The first kappa shape index (κ1) is 23.6. The second-order valence-electron chi connectivity index (χ2n) is 8.28. The largest absolute Gasteiger partial charge is 0.481 e. The van der Waals surface area contributed by atoms with E-state index in [0.717, 1.165) is 49.9 Å². The van der Waals surface area contributed by atoms with Crippen LogP contribution in [0.5, 0.6) is 0 Å².